The predicted molar refractivity (Wildman–Crippen MR) is 104 cm³/mol. The zero-order chi connectivity index (χ0) is 20.8. The first-order chi connectivity index (χ1) is 13.7. The number of alkyl halides is 3. The first-order valence-corrected chi connectivity index (χ1v) is 9.21. The summed E-state index contributed by atoms with van der Waals surface area (Å²) in [6, 6.07) is 9.71. The number of carbonyl (C=O) groups is 1. The highest BCUT2D eigenvalue weighted by Gasteiger charge is 2.30. The van der Waals surface area contributed by atoms with E-state index in [4.69, 9.17) is 0 Å². The Labute approximate surface area is 165 Å². The van der Waals surface area contributed by atoms with Crippen LogP contribution in [0.2, 0.25) is 0 Å². The van der Waals surface area contributed by atoms with Crippen molar-refractivity contribution in [2.24, 2.45) is 0 Å². The van der Waals surface area contributed by atoms with E-state index in [9.17, 15) is 22.8 Å². The van der Waals surface area contributed by atoms with E-state index in [1.54, 1.807) is 25.1 Å². The number of hydrogen-bond donors (Lipinski definition) is 3. The molecule has 0 spiro atoms. The van der Waals surface area contributed by atoms with Gasteiger partial charge in [-0.1, -0.05) is 12.1 Å². The fourth-order valence-corrected chi connectivity index (χ4v) is 3.82. The lowest BCUT2D eigenvalue weighted by molar-refractivity contribution is -0.137. The number of aromatic nitrogens is 3. The van der Waals surface area contributed by atoms with E-state index in [-0.39, 0.29) is 5.69 Å². The molecule has 0 saturated heterocycles. The van der Waals surface area contributed by atoms with Crippen molar-refractivity contribution in [1.29, 1.82) is 0 Å². The molecule has 0 aliphatic rings. The summed E-state index contributed by atoms with van der Waals surface area (Å²) in [5, 5.41) is 3.04. The third-order valence-corrected chi connectivity index (χ3v) is 5.42. The van der Waals surface area contributed by atoms with Crippen LogP contribution in [0.5, 0.6) is 0 Å². The summed E-state index contributed by atoms with van der Waals surface area (Å²) in [6.45, 7) is 1.62. The zero-order valence-electron chi connectivity index (χ0n) is 14.8. The van der Waals surface area contributed by atoms with Gasteiger partial charge in [-0.05, 0) is 37.3 Å². The number of rotatable bonds is 3. The Hall–Kier alpha value is -3.40. The Morgan fingerprint density at radius 1 is 1.10 bits per heavy atom. The Bertz CT molecular complexity index is 1290. The molecule has 1 amide bonds. The largest absolute Gasteiger partial charge is 0.416 e. The highest BCUT2D eigenvalue weighted by Crippen LogP contribution is 2.34. The summed E-state index contributed by atoms with van der Waals surface area (Å²) in [5.74, 6) is -0.435. The van der Waals surface area contributed by atoms with Crippen molar-refractivity contribution in [2.45, 2.75) is 13.1 Å². The van der Waals surface area contributed by atoms with Crippen molar-refractivity contribution in [3.05, 3.63) is 69.1 Å². The van der Waals surface area contributed by atoms with Crippen molar-refractivity contribution >= 4 is 34.0 Å². The van der Waals surface area contributed by atoms with Gasteiger partial charge in [0.1, 0.15) is 9.88 Å². The number of fused-ring (bicyclic) bond motifs is 1. The summed E-state index contributed by atoms with van der Waals surface area (Å²) < 4.78 is 38.8. The van der Waals surface area contributed by atoms with Gasteiger partial charge in [0.15, 0.2) is 0 Å². The van der Waals surface area contributed by atoms with Gasteiger partial charge in [-0.2, -0.15) is 13.2 Å². The topological polar surface area (TPSA) is 90.6 Å². The predicted octanol–water partition coefficient (Wildman–Crippen LogP) is 4.56. The first kappa shape index (κ1) is 18.9. The minimum Gasteiger partial charge on any atom is -0.321 e. The minimum absolute atomic E-state index is 0.290. The van der Waals surface area contributed by atoms with Crippen LogP contribution in [0.3, 0.4) is 0 Å². The number of benzene rings is 2. The van der Waals surface area contributed by atoms with Crippen molar-refractivity contribution in [1.82, 2.24) is 15.0 Å². The molecule has 2 aromatic heterocycles. The van der Waals surface area contributed by atoms with Crippen LogP contribution in [0.25, 0.3) is 21.6 Å². The minimum atomic E-state index is -4.46. The van der Waals surface area contributed by atoms with Crippen LogP contribution in [0.1, 0.15) is 20.9 Å². The second-order valence-electron chi connectivity index (χ2n) is 6.31. The van der Waals surface area contributed by atoms with Crippen LogP contribution in [0.4, 0.5) is 18.9 Å². The molecule has 0 unspecified atom stereocenters. The van der Waals surface area contributed by atoms with E-state index >= 15 is 0 Å². The molecule has 0 saturated carbocycles. The lowest BCUT2D eigenvalue weighted by Gasteiger charge is -2.07. The smallest absolute Gasteiger partial charge is 0.321 e. The molecule has 0 bridgehead atoms. The number of aromatic amines is 2. The summed E-state index contributed by atoms with van der Waals surface area (Å²) in [6.07, 6.45) is -4.46. The number of nitrogens with zero attached hydrogens (tertiary/aromatic N) is 1. The van der Waals surface area contributed by atoms with Crippen LogP contribution in [0.15, 0.2) is 47.3 Å². The van der Waals surface area contributed by atoms with E-state index in [2.05, 4.69) is 20.3 Å². The number of anilines is 1. The number of nitrogens with one attached hydrogen (secondary N) is 3. The lowest BCUT2D eigenvalue weighted by atomic mass is 10.1. The van der Waals surface area contributed by atoms with Gasteiger partial charge in [0.05, 0.1) is 22.3 Å². The van der Waals surface area contributed by atoms with Crippen molar-refractivity contribution < 1.29 is 18.0 Å². The highest BCUT2D eigenvalue weighted by atomic mass is 32.1. The number of thiazole rings is 1. The van der Waals surface area contributed by atoms with Gasteiger partial charge in [-0.15, -0.1) is 11.3 Å². The number of halogens is 3. The van der Waals surface area contributed by atoms with Gasteiger partial charge >= 0.3 is 11.9 Å². The third-order valence-electron chi connectivity index (χ3n) is 4.21. The van der Waals surface area contributed by atoms with Gasteiger partial charge in [0, 0.05) is 11.3 Å². The standard InChI is InChI=1S/C19H13F3N4O2S/c1-9-15(16(27)24-12-5-6-13-14(8-12)26-18(28)25-13)29-17(23-9)10-3-2-4-11(7-10)19(20,21)22/h2-8H,1H3,(H,24,27)(H2,25,26,28). The van der Waals surface area contributed by atoms with Gasteiger partial charge in [0.2, 0.25) is 0 Å². The molecule has 4 aromatic rings. The molecule has 148 valence electrons. The Balaban J connectivity index is 1.61. The fourth-order valence-electron chi connectivity index (χ4n) is 2.86. The first-order valence-electron chi connectivity index (χ1n) is 8.39. The van der Waals surface area contributed by atoms with Crippen LogP contribution in [-0.4, -0.2) is 20.9 Å². The maximum absolute atomic E-state index is 12.9. The number of imidazole rings is 1. The normalized spacial score (nSPS) is 11.7. The molecule has 4 rings (SSSR count). The molecule has 2 aromatic carbocycles. The summed E-state index contributed by atoms with van der Waals surface area (Å²) in [4.78, 5) is 33.7. The maximum Gasteiger partial charge on any atom is 0.416 e. The van der Waals surface area contributed by atoms with Crippen LogP contribution in [-0.2, 0) is 6.18 Å². The Morgan fingerprint density at radius 2 is 1.86 bits per heavy atom. The molecular formula is C19H13F3N4O2S. The van der Waals surface area contributed by atoms with Crippen LogP contribution >= 0.6 is 11.3 Å². The SMILES string of the molecule is Cc1nc(-c2cccc(C(F)(F)F)c2)sc1C(=O)Nc1ccc2[nH]c(=O)[nH]c2c1. The molecule has 6 nitrogen and oxygen atoms in total. The Morgan fingerprint density at radius 3 is 2.62 bits per heavy atom. The van der Waals surface area contributed by atoms with E-state index in [1.165, 1.54) is 12.1 Å². The monoisotopic (exact) mass is 418 g/mol. The third kappa shape index (κ3) is 3.79. The van der Waals surface area contributed by atoms with E-state index in [0.717, 1.165) is 23.5 Å². The van der Waals surface area contributed by atoms with Crippen LogP contribution < -0.4 is 11.0 Å². The molecule has 0 aliphatic carbocycles. The fraction of sp³-hybridized carbons (Fsp3) is 0.105. The average Bonchev–Trinajstić information content (AvgIpc) is 3.22. The average molecular weight is 418 g/mol. The van der Waals surface area contributed by atoms with Gasteiger partial charge in [-0.3, -0.25) is 4.79 Å². The zero-order valence-corrected chi connectivity index (χ0v) is 15.7. The second-order valence-corrected chi connectivity index (χ2v) is 7.30. The molecule has 0 fully saturated rings. The molecule has 3 N–H and O–H groups in total. The summed E-state index contributed by atoms with van der Waals surface area (Å²) >= 11 is 1.01. The van der Waals surface area contributed by atoms with Crippen molar-refractivity contribution in [3.8, 4) is 10.6 Å². The number of hydrogen-bond acceptors (Lipinski definition) is 4. The quantitative estimate of drug-likeness (QED) is 0.456. The van der Waals surface area contributed by atoms with Crippen molar-refractivity contribution in [2.75, 3.05) is 5.32 Å². The maximum atomic E-state index is 12.9. The molecule has 2 heterocycles. The second kappa shape index (κ2) is 6.89. The molecular weight excluding hydrogens is 405 g/mol. The van der Waals surface area contributed by atoms with Gasteiger partial charge in [0.25, 0.3) is 5.91 Å². The number of amides is 1. The molecule has 0 atom stereocenters. The molecule has 0 aliphatic heterocycles. The van der Waals surface area contributed by atoms with E-state index < -0.39 is 17.6 Å². The molecule has 0 radical (unpaired) electrons. The summed E-state index contributed by atoms with van der Waals surface area (Å²) in [7, 11) is 0. The summed E-state index contributed by atoms with van der Waals surface area (Å²) in [5.41, 5.74) is 1.18. The Kier molecular flexibility index (Phi) is 4.50. The lowest BCUT2D eigenvalue weighted by Crippen LogP contribution is -2.11. The highest BCUT2D eigenvalue weighted by molar-refractivity contribution is 7.17. The molecule has 10 heteroatoms. The van der Waals surface area contributed by atoms with Crippen molar-refractivity contribution in [3.63, 3.8) is 0 Å². The number of carbonyl (C=O) groups excluding carboxylic acids is 1. The van der Waals surface area contributed by atoms with E-state index in [1.807, 2.05) is 0 Å². The number of aryl methyl sites for hydroxylation is 1. The molecule has 29 heavy (non-hydrogen) atoms. The number of H-pyrrole nitrogens is 2. The van der Waals surface area contributed by atoms with Gasteiger partial charge < -0.3 is 15.3 Å². The van der Waals surface area contributed by atoms with Gasteiger partial charge in [-0.25, -0.2) is 9.78 Å². The van der Waals surface area contributed by atoms with Crippen LogP contribution in [0, 0.1) is 6.92 Å². The van der Waals surface area contributed by atoms with E-state index in [0.29, 0.717) is 37.9 Å².